The number of nitrogens with one attached hydrogen (secondary N) is 1. The third kappa shape index (κ3) is 4.89. The van der Waals surface area contributed by atoms with E-state index >= 15 is 0 Å². The number of thiazole rings is 1. The number of hydrogen-bond donors (Lipinski definition) is 1. The van der Waals surface area contributed by atoms with E-state index in [0.717, 1.165) is 36.9 Å². The van der Waals surface area contributed by atoms with Gasteiger partial charge in [0, 0.05) is 24.2 Å². The lowest BCUT2D eigenvalue weighted by Gasteiger charge is -2.20. The molecule has 1 aromatic heterocycles. The van der Waals surface area contributed by atoms with Crippen molar-refractivity contribution in [2.24, 2.45) is 0 Å². The molecule has 6 heteroatoms. The van der Waals surface area contributed by atoms with Crippen molar-refractivity contribution in [1.82, 2.24) is 15.2 Å². The molecule has 5 nitrogen and oxygen atoms in total. The summed E-state index contributed by atoms with van der Waals surface area (Å²) in [5.41, 5.74) is 0.930. The molecule has 1 rings (SSSR count). The molecule has 1 N–H and O–H groups in total. The highest BCUT2D eigenvalue weighted by molar-refractivity contribution is 7.09. The first-order valence-electron chi connectivity index (χ1n) is 6.57. The van der Waals surface area contributed by atoms with Crippen LogP contribution in [0.1, 0.15) is 30.6 Å². The number of likely N-dealkylation sites (N-methyl/N-ethyl adjacent to an activating group) is 1. The molecular formula is C13H23N3O2S. The predicted octanol–water partition coefficient (Wildman–Crippen LogP) is 1.60. The van der Waals surface area contributed by atoms with Gasteiger partial charge >= 0.3 is 5.97 Å². The van der Waals surface area contributed by atoms with E-state index < -0.39 is 6.04 Å². The van der Waals surface area contributed by atoms with E-state index in [2.05, 4.69) is 29.0 Å². The van der Waals surface area contributed by atoms with E-state index in [4.69, 9.17) is 4.74 Å². The van der Waals surface area contributed by atoms with Crippen LogP contribution in [0.3, 0.4) is 0 Å². The predicted molar refractivity (Wildman–Crippen MR) is 77.4 cm³/mol. The number of aromatic nitrogens is 1. The molecule has 1 aromatic rings. The SMILES string of the molecule is CCN(CC)CCNC(C(=O)OC)c1nc(C)cs1. The van der Waals surface area contributed by atoms with Gasteiger partial charge in [-0.05, 0) is 20.0 Å². The smallest absolute Gasteiger partial charge is 0.330 e. The molecule has 0 aliphatic carbocycles. The van der Waals surface area contributed by atoms with Crippen LogP contribution in [0, 0.1) is 6.92 Å². The highest BCUT2D eigenvalue weighted by atomic mass is 32.1. The number of aryl methyl sites for hydroxylation is 1. The van der Waals surface area contributed by atoms with Crippen LogP contribution in [0.25, 0.3) is 0 Å². The maximum absolute atomic E-state index is 11.8. The summed E-state index contributed by atoms with van der Waals surface area (Å²) in [6, 6.07) is -0.459. The molecule has 1 heterocycles. The van der Waals surface area contributed by atoms with E-state index in [-0.39, 0.29) is 5.97 Å². The Hall–Kier alpha value is -0.980. The van der Waals surface area contributed by atoms with Gasteiger partial charge in [-0.2, -0.15) is 0 Å². The lowest BCUT2D eigenvalue weighted by atomic mass is 10.3. The number of methoxy groups -OCH3 is 1. The topological polar surface area (TPSA) is 54.5 Å². The number of carbonyl (C=O) groups is 1. The van der Waals surface area contributed by atoms with Gasteiger partial charge in [0.05, 0.1) is 7.11 Å². The van der Waals surface area contributed by atoms with Crippen LogP contribution in [0.5, 0.6) is 0 Å². The fraction of sp³-hybridized carbons (Fsp3) is 0.692. The number of carbonyl (C=O) groups excluding carboxylic acids is 1. The molecule has 1 atom stereocenters. The van der Waals surface area contributed by atoms with Crippen molar-refractivity contribution in [1.29, 1.82) is 0 Å². The average Bonchev–Trinajstić information content (AvgIpc) is 2.84. The third-order valence-electron chi connectivity index (χ3n) is 2.99. The summed E-state index contributed by atoms with van der Waals surface area (Å²) in [7, 11) is 1.40. The molecule has 0 aliphatic rings. The van der Waals surface area contributed by atoms with Gasteiger partial charge < -0.3 is 9.64 Å². The molecule has 0 fully saturated rings. The van der Waals surface area contributed by atoms with Crippen molar-refractivity contribution in [3.63, 3.8) is 0 Å². The first-order chi connectivity index (χ1) is 9.12. The summed E-state index contributed by atoms with van der Waals surface area (Å²) >= 11 is 1.48. The van der Waals surface area contributed by atoms with E-state index in [1.165, 1.54) is 18.4 Å². The zero-order valence-corrected chi connectivity index (χ0v) is 12.9. The minimum atomic E-state index is -0.459. The van der Waals surface area contributed by atoms with Crippen LogP contribution in [0.4, 0.5) is 0 Å². The molecule has 0 amide bonds. The van der Waals surface area contributed by atoms with Gasteiger partial charge in [-0.25, -0.2) is 9.78 Å². The third-order valence-corrected chi connectivity index (χ3v) is 4.02. The molecule has 0 bridgehead atoms. The first kappa shape index (κ1) is 16.1. The van der Waals surface area contributed by atoms with Crippen molar-refractivity contribution in [3.05, 3.63) is 16.1 Å². The largest absolute Gasteiger partial charge is 0.468 e. The van der Waals surface area contributed by atoms with Crippen molar-refractivity contribution in [3.8, 4) is 0 Å². The van der Waals surface area contributed by atoms with E-state index in [9.17, 15) is 4.79 Å². The molecule has 0 aliphatic heterocycles. The van der Waals surface area contributed by atoms with E-state index in [1.54, 1.807) is 0 Å². The second-order valence-corrected chi connectivity index (χ2v) is 5.15. The van der Waals surface area contributed by atoms with Crippen molar-refractivity contribution in [2.75, 3.05) is 33.3 Å². The molecular weight excluding hydrogens is 262 g/mol. The molecule has 108 valence electrons. The second-order valence-electron chi connectivity index (χ2n) is 4.26. The summed E-state index contributed by atoms with van der Waals surface area (Å²) in [6.45, 7) is 9.85. The Morgan fingerprint density at radius 3 is 2.68 bits per heavy atom. The molecule has 0 radical (unpaired) electrons. The zero-order valence-electron chi connectivity index (χ0n) is 12.1. The fourth-order valence-corrected chi connectivity index (χ4v) is 2.66. The summed E-state index contributed by atoms with van der Waals surface area (Å²) in [5, 5.41) is 5.94. The maximum Gasteiger partial charge on any atom is 0.330 e. The quantitative estimate of drug-likeness (QED) is 0.735. The lowest BCUT2D eigenvalue weighted by molar-refractivity contribution is -0.143. The Morgan fingerprint density at radius 2 is 2.21 bits per heavy atom. The maximum atomic E-state index is 11.8. The zero-order chi connectivity index (χ0) is 14.3. The van der Waals surface area contributed by atoms with Crippen molar-refractivity contribution < 1.29 is 9.53 Å². The summed E-state index contributed by atoms with van der Waals surface area (Å²) < 4.78 is 4.84. The Balaban J connectivity index is 2.59. The van der Waals surface area contributed by atoms with Gasteiger partial charge in [-0.15, -0.1) is 11.3 Å². The van der Waals surface area contributed by atoms with Crippen LogP contribution in [-0.4, -0.2) is 49.1 Å². The van der Waals surface area contributed by atoms with Gasteiger partial charge in [-0.3, -0.25) is 5.32 Å². The summed E-state index contributed by atoms with van der Waals surface area (Å²) in [4.78, 5) is 18.5. The number of ether oxygens (including phenoxy) is 1. The summed E-state index contributed by atoms with van der Waals surface area (Å²) in [6.07, 6.45) is 0. The van der Waals surface area contributed by atoms with Gasteiger partial charge in [0.2, 0.25) is 0 Å². The van der Waals surface area contributed by atoms with Crippen molar-refractivity contribution >= 4 is 17.3 Å². The molecule has 19 heavy (non-hydrogen) atoms. The first-order valence-corrected chi connectivity index (χ1v) is 7.45. The van der Waals surface area contributed by atoms with Gasteiger partial charge in [-0.1, -0.05) is 13.8 Å². The highest BCUT2D eigenvalue weighted by Crippen LogP contribution is 2.19. The number of hydrogen-bond acceptors (Lipinski definition) is 6. The van der Waals surface area contributed by atoms with Gasteiger partial charge in [0.25, 0.3) is 0 Å². The molecule has 1 unspecified atom stereocenters. The second kappa shape index (κ2) is 8.24. The normalized spacial score (nSPS) is 12.7. The van der Waals surface area contributed by atoms with E-state index in [0.29, 0.717) is 0 Å². The Morgan fingerprint density at radius 1 is 1.53 bits per heavy atom. The van der Waals surface area contributed by atoms with E-state index in [1.807, 2.05) is 12.3 Å². The highest BCUT2D eigenvalue weighted by Gasteiger charge is 2.23. The summed E-state index contributed by atoms with van der Waals surface area (Å²) in [5.74, 6) is -0.283. The lowest BCUT2D eigenvalue weighted by Crippen LogP contribution is -2.36. The number of esters is 1. The van der Waals surface area contributed by atoms with Crippen LogP contribution in [0.15, 0.2) is 5.38 Å². The Kier molecular flexibility index (Phi) is 6.97. The van der Waals surface area contributed by atoms with Crippen LogP contribution >= 0.6 is 11.3 Å². The Bertz CT molecular complexity index is 391. The van der Waals surface area contributed by atoms with Gasteiger partial charge in [0.1, 0.15) is 5.01 Å². The van der Waals surface area contributed by atoms with Gasteiger partial charge in [0.15, 0.2) is 6.04 Å². The monoisotopic (exact) mass is 285 g/mol. The van der Waals surface area contributed by atoms with Crippen LogP contribution < -0.4 is 5.32 Å². The Labute approximate surface area is 119 Å². The standard InChI is InChI=1S/C13H23N3O2S/c1-5-16(6-2)8-7-14-11(13(17)18-4)12-15-10(3)9-19-12/h9,11,14H,5-8H2,1-4H3. The minimum absolute atomic E-state index is 0.283. The average molecular weight is 285 g/mol. The molecule has 0 aromatic carbocycles. The fourth-order valence-electron chi connectivity index (χ4n) is 1.80. The number of rotatable bonds is 8. The van der Waals surface area contributed by atoms with Crippen LogP contribution in [-0.2, 0) is 9.53 Å². The molecule has 0 saturated heterocycles. The molecule has 0 saturated carbocycles. The number of nitrogens with zero attached hydrogens (tertiary/aromatic N) is 2. The van der Waals surface area contributed by atoms with Crippen molar-refractivity contribution in [2.45, 2.75) is 26.8 Å². The van der Waals surface area contributed by atoms with Crippen LogP contribution in [0.2, 0.25) is 0 Å². The minimum Gasteiger partial charge on any atom is -0.468 e. The molecule has 0 spiro atoms.